The lowest BCUT2D eigenvalue weighted by molar-refractivity contribution is -0.130. The average molecular weight is 246 g/mol. The highest BCUT2D eigenvalue weighted by Gasteiger charge is 2.08. The van der Waals surface area contributed by atoms with Crippen molar-refractivity contribution in [1.29, 1.82) is 0 Å². The minimum atomic E-state index is 0.290. The molecule has 0 radical (unpaired) electrons. The Morgan fingerprint density at radius 2 is 1.94 bits per heavy atom. The van der Waals surface area contributed by atoms with E-state index >= 15 is 0 Å². The van der Waals surface area contributed by atoms with E-state index in [0.29, 0.717) is 12.5 Å². The molecule has 0 spiro atoms. The normalized spacial score (nSPS) is 12.5. The van der Waals surface area contributed by atoms with E-state index in [1.165, 1.54) is 0 Å². The molecule has 96 valence electrons. The van der Waals surface area contributed by atoms with Crippen LogP contribution in [0.5, 0.6) is 0 Å². The maximum absolute atomic E-state index is 11.6. The molecule has 4 heteroatoms. The van der Waals surface area contributed by atoms with Crippen molar-refractivity contribution in [2.75, 3.05) is 24.6 Å². The number of hydrogen-bond donors (Lipinski definition) is 1. The van der Waals surface area contributed by atoms with Crippen molar-refractivity contribution in [3.8, 4) is 0 Å². The highest BCUT2D eigenvalue weighted by Crippen LogP contribution is 2.08. The maximum atomic E-state index is 11.6. The van der Waals surface area contributed by atoms with E-state index in [4.69, 9.17) is 5.73 Å². The van der Waals surface area contributed by atoms with Crippen LogP contribution in [0.3, 0.4) is 0 Å². The van der Waals surface area contributed by atoms with Crippen LogP contribution in [0, 0.1) is 0 Å². The Bertz CT molecular complexity index is 182. The highest BCUT2D eigenvalue weighted by molar-refractivity contribution is 7.99. The van der Waals surface area contributed by atoms with Crippen LogP contribution in [0.4, 0.5) is 0 Å². The molecule has 2 N–H and O–H groups in total. The van der Waals surface area contributed by atoms with E-state index in [0.717, 1.165) is 37.4 Å². The first-order valence-electron chi connectivity index (χ1n) is 6.22. The zero-order chi connectivity index (χ0) is 12.4. The van der Waals surface area contributed by atoms with E-state index in [9.17, 15) is 4.79 Å². The Kier molecular flexibility index (Phi) is 9.83. The van der Waals surface area contributed by atoms with Gasteiger partial charge in [-0.05, 0) is 45.1 Å². The van der Waals surface area contributed by atoms with Gasteiger partial charge in [0, 0.05) is 25.6 Å². The third-order valence-corrected chi connectivity index (χ3v) is 3.61. The van der Waals surface area contributed by atoms with Crippen molar-refractivity contribution in [2.24, 2.45) is 5.73 Å². The Hall–Kier alpha value is -0.220. The number of carbonyl (C=O) groups is 1. The first-order valence-corrected chi connectivity index (χ1v) is 7.38. The van der Waals surface area contributed by atoms with Crippen LogP contribution in [0.25, 0.3) is 0 Å². The standard InChI is InChI=1S/C12H26N2OS/c1-4-14(5-2)12(15)7-6-9-16-10-8-11(3)13/h11H,4-10,13H2,1-3H3. The largest absolute Gasteiger partial charge is 0.343 e. The molecule has 3 nitrogen and oxygen atoms in total. The Labute approximate surface area is 104 Å². The van der Waals surface area contributed by atoms with Crippen molar-refractivity contribution in [1.82, 2.24) is 4.90 Å². The van der Waals surface area contributed by atoms with E-state index < -0.39 is 0 Å². The molecule has 0 aliphatic rings. The zero-order valence-electron chi connectivity index (χ0n) is 10.9. The molecule has 0 saturated heterocycles. The predicted octanol–water partition coefficient (Wildman–Crippen LogP) is 2.11. The Balaban J connectivity index is 3.40. The molecule has 0 aromatic carbocycles. The molecule has 0 bridgehead atoms. The quantitative estimate of drug-likeness (QED) is 0.634. The van der Waals surface area contributed by atoms with Gasteiger partial charge in [0.15, 0.2) is 0 Å². The van der Waals surface area contributed by atoms with Crippen molar-refractivity contribution < 1.29 is 4.79 Å². The lowest BCUT2D eigenvalue weighted by Crippen LogP contribution is -2.30. The third kappa shape index (κ3) is 7.99. The van der Waals surface area contributed by atoms with E-state index in [-0.39, 0.29) is 5.91 Å². The highest BCUT2D eigenvalue weighted by atomic mass is 32.2. The van der Waals surface area contributed by atoms with Gasteiger partial charge in [0.2, 0.25) is 5.91 Å². The number of carbonyl (C=O) groups excluding carboxylic acids is 1. The van der Waals surface area contributed by atoms with Crippen LogP contribution in [0.1, 0.15) is 40.0 Å². The van der Waals surface area contributed by atoms with Gasteiger partial charge in [-0.2, -0.15) is 11.8 Å². The van der Waals surface area contributed by atoms with Gasteiger partial charge in [-0.3, -0.25) is 4.79 Å². The monoisotopic (exact) mass is 246 g/mol. The molecule has 0 rings (SSSR count). The topological polar surface area (TPSA) is 46.3 Å². The van der Waals surface area contributed by atoms with E-state index in [1.807, 2.05) is 37.4 Å². The van der Waals surface area contributed by atoms with Crippen LogP contribution in [0.15, 0.2) is 0 Å². The van der Waals surface area contributed by atoms with Crippen molar-refractivity contribution >= 4 is 17.7 Å². The summed E-state index contributed by atoms with van der Waals surface area (Å²) in [6.07, 6.45) is 2.74. The zero-order valence-corrected chi connectivity index (χ0v) is 11.7. The molecule has 16 heavy (non-hydrogen) atoms. The fraction of sp³-hybridized carbons (Fsp3) is 0.917. The van der Waals surface area contributed by atoms with E-state index in [1.54, 1.807) is 0 Å². The molecule has 0 heterocycles. The van der Waals surface area contributed by atoms with Gasteiger partial charge in [-0.25, -0.2) is 0 Å². The first-order chi connectivity index (χ1) is 7.61. The maximum Gasteiger partial charge on any atom is 0.222 e. The van der Waals surface area contributed by atoms with Crippen LogP contribution < -0.4 is 5.73 Å². The summed E-state index contributed by atoms with van der Waals surface area (Å²) in [4.78, 5) is 13.5. The molecule has 1 amide bonds. The molecule has 0 aliphatic carbocycles. The molecule has 1 atom stereocenters. The smallest absolute Gasteiger partial charge is 0.222 e. The van der Waals surface area contributed by atoms with Crippen LogP contribution >= 0.6 is 11.8 Å². The SMILES string of the molecule is CCN(CC)C(=O)CCCSCCC(C)N. The predicted molar refractivity (Wildman–Crippen MR) is 72.8 cm³/mol. The Morgan fingerprint density at radius 3 is 2.44 bits per heavy atom. The molecule has 0 aliphatic heterocycles. The fourth-order valence-corrected chi connectivity index (χ4v) is 2.52. The summed E-state index contributed by atoms with van der Waals surface area (Å²) < 4.78 is 0. The summed E-state index contributed by atoms with van der Waals surface area (Å²) >= 11 is 1.90. The van der Waals surface area contributed by atoms with Crippen molar-refractivity contribution in [2.45, 2.75) is 46.1 Å². The van der Waals surface area contributed by atoms with Crippen molar-refractivity contribution in [3.63, 3.8) is 0 Å². The molecular weight excluding hydrogens is 220 g/mol. The summed E-state index contributed by atoms with van der Waals surface area (Å²) in [5, 5.41) is 0. The second-order valence-electron chi connectivity index (χ2n) is 4.05. The molecule has 0 fully saturated rings. The first kappa shape index (κ1) is 15.8. The number of hydrogen-bond acceptors (Lipinski definition) is 3. The van der Waals surface area contributed by atoms with Gasteiger partial charge < -0.3 is 10.6 Å². The minimum Gasteiger partial charge on any atom is -0.343 e. The number of rotatable bonds is 9. The van der Waals surface area contributed by atoms with Crippen LogP contribution in [-0.2, 0) is 4.79 Å². The lowest BCUT2D eigenvalue weighted by atomic mass is 10.3. The van der Waals surface area contributed by atoms with Crippen LogP contribution in [-0.4, -0.2) is 41.4 Å². The summed E-state index contributed by atoms with van der Waals surface area (Å²) in [5.41, 5.74) is 5.66. The van der Waals surface area contributed by atoms with E-state index in [2.05, 4.69) is 0 Å². The molecule has 0 saturated carbocycles. The molecule has 0 aromatic rings. The number of amides is 1. The van der Waals surface area contributed by atoms with Gasteiger partial charge >= 0.3 is 0 Å². The molecule has 1 unspecified atom stereocenters. The summed E-state index contributed by atoms with van der Waals surface area (Å²) in [5.74, 6) is 2.47. The number of nitrogens with zero attached hydrogens (tertiary/aromatic N) is 1. The minimum absolute atomic E-state index is 0.290. The van der Waals surface area contributed by atoms with Gasteiger partial charge in [0.1, 0.15) is 0 Å². The number of nitrogens with two attached hydrogens (primary N) is 1. The van der Waals surface area contributed by atoms with Crippen molar-refractivity contribution in [3.05, 3.63) is 0 Å². The number of thioether (sulfide) groups is 1. The van der Waals surface area contributed by atoms with Gasteiger partial charge in [-0.15, -0.1) is 0 Å². The second kappa shape index (κ2) is 9.97. The fourth-order valence-electron chi connectivity index (χ4n) is 1.43. The molecule has 0 aromatic heterocycles. The van der Waals surface area contributed by atoms with Gasteiger partial charge in [0.25, 0.3) is 0 Å². The summed E-state index contributed by atoms with van der Waals surface area (Å²) in [7, 11) is 0. The average Bonchev–Trinajstić information content (AvgIpc) is 2.24. The van der Waals surface area contributed by atoms with Gasteiger partial charge in [-0.1, -0.05) is 0 Å². The Morgan fingerprint density at radius 1 is 1.31 bits per heavy atom. The summed E-state index contributed by atoms with van der Waals surface area (Å²) in [6.45, 7) is 7.74. The van der Waals surface area contributed by atoms with Crippen LogP contribution in [0.2, 0.25) is 0 Å². The summed E-state index contributed by atoms with van der Waals surface area (Å²) in [6, 6.07) is 0.296. The van der Waals surface area contributed by atoms with Gasteiger partial charge in [0.05, 0.1) is 0 Å². The molecular formula is C12H26N2OS. The lowest BCUT2D eigenvalue weighted by Gasteiger charge is -2.18. The third-order valence-electron chi connectivity index (χ3n) is 2.51. The second-order valence-corrected chi connectivity index (χ2v) is 5.27.